The lowest BCUT2D eigenvalue weighted by Gasteiger charge is -2.12. The fourth-order valence-electron chi connectivity index (χ4n) is 3.17. The highest BCUT2D eigenvalue weighted by molar-refractivity contribution is 8.17. The van der Waals surface area contributed by atoms with Crippen LogP contribution in [-0.4, -0.2) is 17.6 Å². The molecule has 0 amide bonds. The molecule has 8 heteroatoms. The van der Waals surface area contributed by atoms with Crippen molar-refractivity contribution in [1.82, 2.24) is 0 Å². The molecule has 182 valence electrons. The molecule has 0 aliphatic rings. The molecule has 0 saturated carbocycles. The van der Waals surface area contributed by atoms with Crippen LogP contribution in [0.25, 0.3) is 0 Å². The van der Waals surface area contributed by atoms with Crippen molar-refractivity contribution in [2.24, 2.45) is 0 Å². The third-order valence-corrected chi connectivity index (χ3v) is 5.84. The first-order valence-corrected chi connectivity index (χ1v) is 11.9. The summed E-state index contributed by atoms with van der Waals surface area (Å²) in [5.41, 5.74) is 1.00. The zero-order valence-corrected chi connectivity index (χ0v) is 20.3. The van der Waals surface area contributed by atoms with E-state index in [9.17, 15) is 14.0 Å². The van der Waals surface area contributed by atoms with E-state index < -0.39 is 11.4 Å². The topological polar surface area (TPSA) is 89.6 Å². The third kappa shape index (κ3) is 7.16. The molecule has 1 heterocycles. The van der Waals surface area contributed by atoms with Crippen molar-refractivity contribution in [2.45, 2.75) is 33.3 Å². The van der Waals surface area contributed by atoms with Gasteiger partial charge in [0.15, 0.2) is 0 Å². The van der Waals surface area contributed by atoms with Crippen molar-refractivity contribution < 1.29 is 23.1 Å². The standard InChI is InChI=1S/C27H26FNO5S/c1-3-8-21(15-18-11-13-20(28)14-12-18)35-26(29)22-17-34-25(27(31)32-4-2)24(23(22)30)33-16-19-9-6-5-7-10-19/h5-14,17,29H,3-4,15-16H2,1-2H3/b21-8+,29-26?. The predicted molar refractivity (Wildman–Crippen MR) is 135 cm³/mol. The molecular formula is C27H26FNO5S. The Kier molecular flexibility index (Phi) is 9.43. The average molecular weight is 496 g/mol. The van der Waals surface area contributed by atoms with Crippen LogP contribution in [0.5, 0.6) is 5.75 Å². The fraction of sp³-hybridized carbons (Fsp3) is 0.222. The van der Waals surface area contributed by atoms with Crippen LogP contribution in [0.3, 0.4) is 0 Å². The van der Waals surface area contributed by atoms with E-state index in [1.807, 2.05) is 43.3 Å². The Hall–Kier alpha value is -3.65. The lowest BCUT2D eigenvalue weighted by molar-refractivity contribution is 0.0478. The van der Waals surface area contributed by atoms with Gasteiger partial charge >= 0.3 is 5.97 Å². The van der Waals surface area contributed by atoms with E-state index in [-0.39, 0.29) is 41.1 Å². The molecule has 0 fully saturated rings. The average Bonchev–Trinajstić information content (AvgIpc) is 2.85. The summed E-state index contributed by atoms with van der Waals surface area (Å²) in [5, 5.41) is 8.51. The summed E-state index contributed by atoms with van der Waals surface area (Å²) in [5.74, 6) is -1.78. The van der Waals surface area contributed by atoms with Gasteiger partial charge in [0.1, 0.15) is 23.7 Å². The van der Waals surface area contributed by atoms with Crippen molar-refractivity contribution >= 4 is 22.8 Å². The number of nitrogens with one attached hydrogen (secondary N) is 1. The van der Waals surface area contributed by atoms with Crippen molar-refractivity contribution in [3.05, 3.63) is 110 Å². The van der Waals surface area contributed by atoms with Gasteiger partial charge < -0.3 is 13.9 Å². The van der Waals surface area contributed by atoms with Gasteiger partial charge in [0, 0.05) is 6.42 Å². The van der Waals surface area contributed by atoms with Crippen LogP contribution in [-0.2, 0) is 17.8 Å². The van der Waals surface area contributed by atoms with E-state index in [2.05, 4.69) is 0 Å². The zero-order chi connectivity index (χ0) is 25.2. The second kappa shape index (κ2) is 12.7. The number of allylic oxidation sites excluding steroid dienone is 2. The molecule has 2 aromatic carbocycles. The van der Waals surface area contributed by atoms with Gasteiger partial charge in [-0.05, 0) is 41.5 Å². The van der Waals surface area contributed by atoms with E-state index in [0.717, 1.165) is 40.5 Å². The number of carbonyl (C=O) groups is 1. The van der Waals surface area contributed by atoms with Crippen molar-refractivity contribution in [3.8, 4) is 5.75 Å². The molecule has 1 N–H and O–H groups in total. The summed E-state index contributed by atoms with van der Waals surface area (Å²) < 4.78 is 29.4. The van der Waals surface area contributed by atoms with Crippen LogP contribution < -0.4 is 10.2 Å². The molecule has 6 nitrogen and oxygen atoms in total. The van der Waals surface area contributed by atoms with Crippen molar-refractivity contribution in [1.29, 1.82) is 5.41 Å². The van der Waals surface area contributed by atoms with Gasteiger partial charge in [0.25, 0.3) is 5.76 Å². The second-order valence-corrected chi connectivity index (χ2v) is 8.58. The van der Waals surface area contributed by atoms with Crippen LogP contribution in [0, 0.1) is 11.2 Å². The highest BCUT2D eigenvalue weighted by Gasteiger charge is 2.25. The van der Waals surface area contributed by atoms with Crippen molar-refractivity contribution in [3.63, 3.8) is 0 Å². The number of benzene rings is 2. The number of rotatable bonds is 10. The number of hydrogen-bond donors (Lipinski definition) is 1. The van der Waals surface area contributed by atoms with E-state index in [4.69, 9.17) is 19.3 Å². The maximum atomic E-state index is 13.3. The number of ether oxygens (including phenoxy) is 2. The second-order valence-electron chi connectivity index (χ2n) is 7.44. The minimum Gasteiger partial charge on any atom is -0.481 e. The highest BCUT2D eigenvalue weighted by Crippen LogP contribution is 2.27. The van der Waals surface area contributed by atoms with Crippen LogP contribution >= 0.6 is 11.8 Å². The predicted octanol–water partition coefficient (Wildman–Crippen LogP) is 6.13. The van der Waals surface area contributed by atoms with Crippen molar-refractivity contribution in [2.75, 3.05) is 6.61 Å². The smallest absolute Gasteiger partial charge is 0.378 e. The number of carbonyl (C=O) groups excluding carboxylic acids is 1. The normalized spacial score (nSPS) is 11.2. The Morgan fingerprint density at radius 3 is 2.46 bits per heavy atom. The summed E-state index contributed by atoms with van der Waals surface area (Å²) in [6.07, 6.45) is 4.23. The Morgan fingerprint density at radius 2 is 1.80 bits per heavy atom. The molecule has 0 spiro atoms. The lowest BCUT2D eigenvalue weighted by atomic mass is 10.1. The first-order valence-electron chi connectivity index (χ1n) is 11.1. The SMILES string of the molecule is CC/C=C(\Cc1ccc(F)cc1)SC(=N)c1coc(C(=O)OCC)c(OCc2ccccc2)c1=O. The van der Waals surface area contributed by atoms with Crippen LogP contribution in [0.2, 0.25) is 0 Å². The van der Waals surface area contributed by atoms with E-state index in [1.54, 1.807) is 19.1 Å². The molecule has 3 aromatic rings. The number of halogens is 1. The molecule has 0 aliphatic carbocycles. The van der Waals surface area contributed by atoms with Gasteiger partial charge in [-0.15, -0.1) is 0 Å². The first-order chi connectivity index (χ1) is 16.9. The molecule has 0 atom stereocenters. The first kappa shape index (κ1) is 26.0. The molecule has 35 heavy (non-hydrogen) atoms. The third-order valence-electron chi connectivity index (χ3n) is 4.84. The quantitative estimate of drug-likeness (QED) is 0.207. The molecule has 1 aromatic heterocycles. The number of esters is 1. The summed E-state index contributed by atoms with van der Waals surface area (Å²) >= 11 is 1.10. The summed E-state index contributed by atoms with van der Waals surface area (Å²) in [7, 11) is 0. The highest BCUT2D eigenvalue weighted by atomic mass is 32.2. The zero-order valence-electron chi connectivity index (χ0n) is 19.5. The van der Waals surface area contributed by atoms with E-state index in [0.29, 0.717) is 6.42 Å². The molecule has 0 unspecified atom stereocenters. The van der Waals surface area contributed by atoms with Crippen LogP contribution in [0.4, 0.5) is 4.39 Å². The number of hydrogen-bond acceptors (Lipinski definition) is 7. The lowest BCUT2D eigenvalue weighted by Crippen LogP contribution is -2.20. The van der Waals surface area contributed by atoms with Gasteiger partial charge in [-0.1, -0.05) is 67.2 Å². The van der Waals surface area contributed by atoms with Gasteiger partial charge in [-0.25, -0.2) is 9.18 Å². The van der Waals surface area contributed by atoms with Gasteiger partial charge in [0.2, 0.25) is 11.2 Å². The molecule has 3 rings (SSSR count). The van der Waals surface area contributed by atoms with Crippen LogP contribution in [0.15, 0.2) is 81.1 Å². The van der Waals surface area contributed by atoms with Gasteiger partial charge in [-0.2, -0.15) is 0 Å². The monoisotopic (exact) mass is 495 g/mol. The number of thioether (sulfide) groups is 1. The van der Waals surface area contributed by atoms with E-state index in [1.165, 1.54) is 12.1 Å². The summed E-state index contributed by atoms with van der Waals surface area (Å²) in [6.45, 7) is 3.74. The molecule has 0 saturated heterocycles. The maximum Gasteiger partial charge on any atom is 0.378 e. The molecular weight excluding hydrogens is 469 g/mol. The minimum absolute atomic E-state index is 0.0350. The fourth-order valence-corrected chi connectivity index (χ4v) is 4.17. The Bertz CT molecular complexity index is 1250. The largest absolute Gasteiger partial charge is 0.481 e. The Balaban J connectivity index is 1.88. The maximum absolute atomic E-state index is 13.3. The summed E-state index contributed by atoms with van der Waals surface area (Å²) in [4.78, 5) is 26.5. The van der Waals surface area contributed by atoms with Gasteiger partial charge in [0.05, 0.1) is 12.2 Å². The Labute approximate surface area is 207 Å². The minimum atomic E-state index is -0.818. The van der Waals surface area contributed by atoms with Gasteiger partial charge in [-0.3, -0.25) is 10.2 Å². The van der Waals surface area contributed by atoms with Crippen LogP contribution in [0.1, 0.15) is 47.5 Å². The molecule has 0 radical (unpaired) electrons. The Morgan fingerprint density at radius 1 is 1.09 bits per heavy atom. The summed E-state index contributed by atoms with van der Waals surface area (Å²) in [6, 6.07) is 15.3. The van der Waals surface area contributed by atoms with E-state index >= 15 is 0 Å². The molecule has 0 aliphatic heterocycles. The molecule has 0 bridgehead atoms.